The summed E-state index contributed by atoms with van der Waals surface area (Å²) in [4.78, 5) is 31.1. The molecule has 1 fully saturated rings. The summed E-state index contributed by atoms with van der Waals surface area (Å²) in [6.45, 7) is 6.05. The Kier molecular flexibility index (Phi) is 8.04. The Balaban J connectivity index is 1.62. The number of aryl methyl sites for hydroxylation is 2. The van der Waals surface area contributed by atoms with Gasteiger partial charge in [-0.25, -0.2) is 4.68 Å². The molecule has 3 heterocycles. The Hall–Kier alpha value is -4.08. The standard InChI is InChI=1S/C33H34N4O4S/c1-22-13-14-26(23(2)19-22)37-33-30(31(34-37)24-9-5-4-6-10-24)32(25-11-7-8-12-27(25)40-3)42-21-29(39)36(33)20-28(38)35-15-17-41-18-16-35/h4-14,19,32H,15-18,20-21H2,1-3H3/t32-/m1/s1. The molecule has 2 aliphatic rings. The maximum Gasteiger partial charge on any atom is 0.242 e. The van der Waals surface area contributed by atoms with Crippen molar-refractivity contribution in [1.82, 2.24) is 14.7 Å². The van der Waals surface area contributed by atoms with Crippen LogP contribution in [0.4, 0.5) is 5.82 Å². The minimum atomic E-state index is -0.265. The first kappa shape index (κ1) is 28.1. The minimum absolute atomic E-state index is 0.0735. The molecule has 0 radical (unpaired) electrons. The number of aromatic nitrogens is 2. The fourth-order valence-corrected chi connectivity index (χ4v) is 6.94. The monoisotopic (exact) mass is 582 g/mol. The number of methoxy groups -OCH3 is 1. The number of carbonyl (C=O) groups is 2. The Morgan fingerprint density at radius 1 is 1.02 bits per heavy atom. The van der Waals surface area contributed by atoms with E-state index in [0.29, 0.717) is 32.1 Å². The summed E-state index contributed by atoms with van der Waals surface area (Å²) in [5, 5.41) is 4.96. The summed E-state index contributed by atoms with van der Waals surface area (Å²) in [6.07, 6.45) is 0. The van der Waals surface area contributed by atoms with Gasteiger partial charge < -0.3 is 14.4 Å². The quantitative estimate of drug-likeness (QED) is 0.311. The van der Waals surface area contributed by atoms with Crippen molar-refractivity contribution in [3.05, 3.63) is 95.1 Å². The predicted molar refractivity (Wildman–Crippen MR) is 166 cm³/mol. The number of ether oxygens (including phenoxy) is 2. The maximum atomic E-state index is 14.0. The molecular formula is C33H34N4O4S. The van der Waals surface area contributed by atoms with E-state index in [1.54, 1.807) is 16.9 Å². The van der Waals surface area contributed by atoms with E-state index in [9.17, 15) is 9.59 Å². The average molecular weight is 583 g/mol. The molecule has 8 nitrogen and oxygen atoms in total. The maximum absolute atomic E-state index is 14.0. The fraction of sp³-hybridized carbons (Fsp3) is 0.303. The highest BCUT2D eigenvalue weighted by Gasteiger charge is 2.39. The van der Waals surface area contributed by atoms with E-state index in [1.807, 2.05) is 78.3 Å². The second kappa shape index (κ2) is 12.0. The Bertz CT molecular complexity index is 1610. The first-order valence-corrected chi connectivity index (χ1v) is 15.2. The van der Waals surface area contributed by atoms with Gasteiger partial charge in [0.05, 0.1) is 42.7 Å². The molecule has 4 aromatic rings. The van der Waals surface area contributed by atoms with Crippen LogP contribution in [0.5, 0.6) is 5.75 Å². The highest BCUT2D eigenvalue weighted by Crippen LogP contribution is 2.50. The van der Waals surface area contributed by atoms with E-state index >= 15 is 0 Å². The van der Waals surface area contributed by atoms with Gasteiger partial charge in [0.25, 0.3) is 0 Å². The molecule has 0 N–H and O–H groups in total. The molecule has 0 unspecified atom stereocenters. The van der Waals surface area contributed by atoms with Gasteiger partial charge >= 0.3 is 0 Å². The SMILES string of the molecule is COc1ccccc1[C@H]1SCC(=O)N(CC(=O)N2CCOCC2)c2c1c(-c1ccccc1)nn2-c1ccc(C)cc1C. The van der Waals surface area contributed by atoms with Gasteiger partial charge in [-0.05, 0) is 31.5 Å². The number of benzene rings is 3. The van der Waals surface area contributed by atoms with Crippen LogP contribution in [0.2, 0.25) is 0 Å². The molecule has 0 aliphatic carbocycles. The van der Waals surface area contributed by atoms with Crippen LogP contribution >= 0.6 is 11.8 Å². The van der Waals surface area contributed by atoms with Gasteiger partial charge in [0, 0.05) is 29.8 Å². The van der Waals surface area contributed by atoms with Gasteiger partial charge in [0.1, 0.15) is 18.1 Å². The Morgan fingerprint density at radius 2 is 1.76 bits per heavy atom. The lowest BCUT2D eigenvalue weighted by Gasteiger charge is -2.30. The highest BCUT2D eigenvalue weighted by molar-refractivity contribution is 8.00. The molecule has 2 aliphatic heterocycles. The number of hydrogen-bond donors (Lipinski definition) is 0. The normalized spacial score (nSPS) is 17.1. The summed E-state index contributed by atoms with van der Waals surface area (Å²) in [7, 11) is 1.66. The van der Waals surface area contributed by atoms with Crippen LogP contribution in [0.3, 0.4) is 0 Å². The van der Waals surface area contributed by atoms with E-state index in [4.69, 9.17) is 14.6 Å². The molecule has 1 atom stereocenters. The van der Waals surface area contributed by atoms with Crippen LogP contribution in [-0.2, 0) is 14.3 Å². The van der Waals surface area contributed by atoms with Crippen molar-refractivity contribution in [2.75, 3.05) is 50.6 Å². The number of amides is 2. The molecule has 3 aromatic carbocycles. The third-order valence-corrected chi connectivity index (χ3v) is 9.03. The molecule has 6 rings (SSSR count). The molecule has 0 saturated carbocycles. The highest BCUT2D eigenvalue weighted by atomic mass is 32.2. The van der Waals surface area contributed by atoms with Crippen molar-refractivity contribution in [3.63, 3.8) is 0 Å². The minimum Gasteiger partial charge on any atom is -0.496 e. The summed E-state index contributed by atoms with van der Waals surface area (Å²) >= 11 is 1.54. The zero-order valence-electron chi connectivity index (χ0n) is 24.1. The van der Waals surface area contributed by atoms with Gasteiger partial charge in [-0.1, -0.05) is 66.2 Å². The smallest absolute Gasteiger partial charge is 0.242 e. The van der Waals surface area contributed by atoms with Gasteiger partial charge in [-0.15, -0.1) is 11.8 Å². The van der Waals surface area contributed by atoms with Crippen molar-refractivity contribution >= 4 is 29.4 Å². The van der Waals surface area contributed by atoms with Gasteiger partial charge in [0.15, 0.2) is 0 Å². The topological polar surface area (TPSA) is 76.9 Å². The molecule has 216 valence electrons. The molecule has 2 amide bonds. The van der Waals surface area contributed by atoms with Gasteiger partial charge in [-0.3, -0.25) is 14.5 Å². The Labute approximate surface area is 250 Å². The van der Waals surface area contributed by atoms with Crippen LogP contribution in [0.25, 0.3) is 16.9 Å². The number of carbonyl (C=O) groups excluding carboxylic acids is 2. The molecule has 1 aromatic heterocycles. The van der Waals surface area contributed by atoms with Crippen molar-refractivity contribution in [2.24, 2.45) is 0 Å². The zero-order chi connectivity index (χ0) is 29.2. The van der Waals surface area contributed by atoms with E-state index in [1.165, 1.54) is 11.8 Å². The van der Waals surface area contributed by atoms with Gasteiger partial charge in [-0.2, -0.15) is 5.10 Å². The van der Waals surface area contributed by atoms with E-state index in [-0.39, 0.29) is 29.4 Å². The number of nitrogens with zero attached hydrogens (tertiary/aromatic N) is 4. The number of thioether (sulfide) groups is 1. The summed E-state index contributed by atoms with van der Waals surface area (Å²) in [6, 6.07) is 24.1. The fourth-order valence-electron chi connectivity index (χ4n) is 5.72. The Morgan fingerprint density at radius 3 is 2.50 bits per heavy atom. The predicted octanol–water partition coefficient (Wildman–Crippen LogP) is 5.19. The number of morpholine rings is 1. The number of hydrogen-bond acceptors (Lipinski definition) is 6. The molecule has 0 spiro atoms. The number of fused-ring (bicyclic) bond motifs is 1. The third kappa shape index (κ3) is 5.30. The average Bonchev–Trinajstić information content (AvgIpc) is 3.34. The van der Waals surface area contributed by atoms with E-state index in [2.05, 4.69) is 13.0 Å². The second-order valence-electron chi connectivity index (χ2n) is 10.6. The zero-order valence-corrected chi connectivity index (χ0v) is 24.9. The molecule has 42 heavy (non-hydrogen) atoms. The first-order valence-electron chi connectivity index (χ1n) is 14.1. The summed E-state index contributed by atoms with van der Waals surface area (Å²) < 4.78 is 13.1. The number of rotatable bonds is 6. The second-order valence-corrected chi connectivity index (χ2v) is 11.7. The van der Waals surface area contributed by atoms with Crippen LogP contribution in [0.1, 0.15) is 27.5 Å². The van der Waals surface area contributed by atoms with Crippen molar-refractivity contribution in [1.29, 1.82) is 0 Å². The number of anilines is 1. The lowest BCUT2D eigenvalue weighted by molar-refractivity contribution is -0.134. The molecule has 0 bridgehead atoms. The van der Waals surface area contributed by atoms with Crippen LogP contribution in [-0.4, -0.2) is 72.2 Å². The van der Waals surface area contributed by atoms with Crippen molar-refractivity contribution < 1.29 is 19.1 Å². The molecular weight excluding hydrogens is 548 g/mol. The van der Waals surface area contributed by atoms with Crippen LogP contribution in [0, 0.1) is 13.8 Å². The summed E-state index contributed by atoms with van der Waals surface area (Å²) in [5.41, 5.74) is 6.57. The van der Waals surface area contributed by atoms with Crippen LogP contribution in [0.15, 0.2) is 72.8 Å². The van der Waals surface area contributed by atoms with Crippen molar-refractivity contribution in [3.8, 4) is 22.7 Å². The molecule has 1 saturated heterocycles. The van der Waals surface area contributed by atoms with Gasteiger partial charge in [0.2, 0.25) is 11.8 Å². The van der Waals surface area contributed by atoms with Crippen molar-refractivity contribution in [2.45, 2.75) is 19.1 Å². The first-order chi connectivity index (χ1) is 20.5. The summed E-state index contributed by atoms with van der Waals surface area (Å²) in [5.74, 6) is 1.33. The molecule has 9 heteroatoms. The van der Waals surface area contributed by atoms with E-state index < -0.39 is 0 Å². The van der Waals surface area contributed by atoms with E-state index in [0.717, 1.165) is 44.9 Å². The number of para-hydroxylation sites is 1. The third-order valence-electron chi connectivity index (χ3n) is 7.80. The largest absolute Gasteiger partial charge is 0.496 e. The lowest BCUT2D eigenvalue weighted by Crippen LogP contribution is -2.48. The van der Waals surface area contributed by atoms with Crippen LogP contribution < -0.4 is 9.64 Å². The lowest BCUT2D eigenvalue weighted by atomic mass is 9.99.